The van der Waals surface area contributed by atoms with Crippen molar-refractivity contribution in [3.8, 4) is 11.5 Å². The summed E-state index contributed by atoms with van der Waals surface area (Å²) in [6.07, 6.45) is 0.888. The number of amides is 2. The van der Waals surface area contributed by atoms with Crippen molar-refractivity contribution < 1.29 is 19.1 Å². The predicted molar refractivity (Wildman–Crippen MR) is 101 cm³/mol. The molecule has 1 aliphatic rings. The van der Waals surface area contributed by atoms with Crippen molar-refractivity contribution in [3.05, 3.63) is 17.7 Å². The van der Waals surface area contributed by atoms with Crippen LogP contribution in [0.1, 0.15) is 37.6 Å². The van der Waals surface area contributed by atoms with Gasteiger partial charge in [0, 0.05) is 24.6 Å². The zero-order valence-corrected chi connectivity index (χ0v) is 16.2. The van der Waals surface area contributed by atoms with E-state index in [2.05, 4.69) is 5.32 Å². The number of benzene rings is 1. The SMILES string of the molecule is COc1cc(NC(=O)C(C)(C)C)c(C(=O)N2CCC(CN)C2)cc1OC. The topological polar surface area (TPSA) is 93.9 Å². The molecular weight excluding hydrogens is 334 g/mol. The Morgan fingerprint density at radius 3 is 2.35 bits per heavy atom. The fraction of sp³-hybridized carbons (Fsp3) is 0.579. The lowest BCUT2D eigenvalue weighted by molar-refractivity contribution is -0.123. The van der Waals surface area contributed by atoms with Gasteiger partial charge in [0.1, 0.15) is 0 Å². The second kappa shape index (κ2) is 7.95. The number of nitrogens with two attached hydrogens (primary N) is 1. The molecule has 0 bridgehead atoms. The molecule has 0 spiro atoms. The third-order valence-electron chi connectivity index (χ3n) is 4.59. The quantitative estimate of drug-likeness (QED) is 0.836. The number of rotatable bonds is 5. The van der Waals surface area contributed by atoms with Gasteiger partial charge in [-0.25, -0.2) is 0 Å². The summed E-state index contributed by atoms with van der Waals surface area (Å²) in [5, 5.41) is 2.86. The molecule has 2 rings (SSSR count). The summed E-state index contributed by atoms with van der Waals surface area (Å²) in [6.45, 7) is 7.28. The Morgan fingerprint density at radius 2 is 1.85 bits per heavy atom. The highest BCUT2D eigenvalue weighted by molar-refractivity contribution is 6.05. The van der Waals surface area contributed by atoms with Gasteiger partial charge in [0.15, 0.2) is 11.5 Å². The van der Waals surface area contributed by atoms with E-state index in [-0.39, 0.29) is 11.8 Å². The molecule has 0 radical (unpaired) electrons. The highest BCUT2D eigenvalue weighted by Crippen LogP contribution is 2.35. The number of hydrogen-bond acceptors (Lipinski definition) is 5. The molecule has 2 amide bonds. The van der Waals surface area contributed by atoms with E-state index in [1.165, 1.54) is 14.2 Å². The lowest BCUT2D eigenvalue weighted by Crippen LogP contribution is -2.32. The maximum atomic E-state index is 13.1. The van der Waals surface area contributed by atoms with E-state index < -0.39 is 5.41 Å². The van der Waals surface area contributed by atoms with Crippen LogP contribution in [0.25, 0.3) is 0 Å². The Labute approximate surface area is 154 Å². The first-order valence-electron chi connectivity index (χ1n) is 8.78. The molecule has 1 fully saturated rings. The summed E-state index contributed by atoms with van der Waals surface area (Å²) < 4.78 is 10.7. The largest absolute Gasteiger partial charge is 0.493 e. The molecule has 144 valence electrons. The summed E-state index contributed by atoms with van der Waals surface area (Å²) in [7, 11) is 3.03. The smallest absolute Gasteiger partial charge is 0.256 e. The number of likely N-dealkylation sites (tertiary alicyclic amines) is 1. The van der Waals surface area contributed by atoms with E-state index >= 15 is 0 Å². The van der Waals surface area contributed by atoms with E-state index in [1.807, 2.05) is 20.8 Å². The molecule has 1 heterocycles. The van der Waals surface area contributed by atoms with Gasteiger partial charge in [0.05, 0.1) is 25.5 Å². The number of carbonyl (C=O) groups is 2. The minimum absolute atomic E-state index is 0.147. The highest BCUT2D eigenvalue weighted by atomic mass is 16.5. The second-order valence-corrected chi connectivity index (χ2v) is 7.60. The van der Waals surface area contributed by atoms with Crippen molar-refractivity contribution in [1.82, 2.24) is 4.90 Å². The van der Waals surface area contributed by atoms with E-state index in [4.69, 9.17) is 15.2 Å². The molecule has 1 aromatic carbocycles. The van der Waals surface area contributed by atoms with Gasteiger partial charge < -0.3 is 25.4 Å². The zero-order chi connectivity index (χ0) is 19.5. The molecule has 0 saturated carbocycles. The predicted octanol–water partition coefficient (Wildman–Crippen LogP) is 2.11. The number of nitrogens with one attached hydrogen (secondary N) is 1. The summed E-state index contributed by atoms with van der Waals surface area (Å²) >= 11 is 0. The molecule has 1 aliphatic heterocycles. The first-order valence-corrected chi connectivity index (χ1v) is 8.78. The van der Waals surface area contributed by atoms with E-state index in [0.717, 1.165) is 6.42 Å². The van der Waals surface area contributed by atoms with Crippen molar-refractivity contribution in [3.63, 3.8) is 0 Å². The number of nitrogens with zero attached hydrogens (tertiary/aromatic N) is 1. The standard InChI is InChI=1S/C19H29N3O4/c1-19(2,3)18(24)21-14-9-16(26-5)15(25-4)8-13(14)17(23)22-7-6-12(10-20)11-22/h8-9,12H,6-7,10-11,20H2,1-5H3,(H,21,24). The Hall–Kier alpha value is -2.28. The highest BCUT2D eigenvalue weighted by Gasteiger charge is 2.30. The first-order chi connectivity index (χ1) is 12.2. The van der Waals surface area contributed by atoms with Gasteiger partial charge in [-0.15, -0.1) is 0 Å². The minimum Gasteiger partial charge on any atom is -0.493 e. The second-order valence-electron chi connectivity index (χ2n) is 7.60. The zero-order valence-electron chi connectivity index (χ0n) is 16.2. The third kappa shape index (κ3) is 4.27. The average molecular weight is 363 g/mol. The van der Waals surface area contributed by atoms with Gasteiger partial charge in [-0.1, -0.05) is 20.8 Å². The molecule has 7 nitrogen and oxygen atoms in total. The summed E-state index contributed by atoms with van der Waals surface area (Å²) in [5.74, 6) is 0.881. The van der Waals surface area contributed by atoms with Gasteiger partial charge in [-0.3, -0.25) is 9.59 Å². The van der Waals surface area contributed by atoms with E-state index in [0.29, 0.717) is 48.3 Å². The third-order valence-corrected chi connectivity index (χ3v) is 4.59. The molecular formula is C19H29N3O4. The van der Waals surface area contributed by atoms with Gasteiger partial charge in [0.25, 0.3) is 5.91 Å². The fourth-order valence-corrected chi connectivity index (χ4v) is 2.85. The summed E-state index contributed by atoms with van der Waals surface area (Å²) in [4.78, 5) is 27.3. The molecule has 3 N–H and O–H groups in total. The lowest BCUT2D eigenvalue weighted by Gasteiger charge is -2.23. The van der Waals surface area contributed by atoms with Crippen LogP contribution in [0, 0.1) is 11.3 Å². The number of methoxy groups -OCH3 is 2. The van der Waals surface area contributed by atoms with Crippen molar-refractivity contribution in [2.75, 3.05) is 39.2 Å². The van der Waals surface area contributed by atoms with Crippen LogP contribution in [0.15, 0.2) is 12.1 Å². The van der Waals surface area contributed by atoms with E-state index in [1.54, 1.807) is 17.0 Å². The number of hydrogen-bond donors (Lipinski definition) is 2. The van der Waals surface area contributed by atoms with Crippen molar-refractivity contribution in [2.45, 2.75) is 27.2 Å². The molecule has 26 heavy (non-hydrogen) atoms. The molecule has 1 unspecified atom stereocenters. The number of anilines is 1. The Bertz CT molecular complexity index is 682. The molecule has 0 aromatic heterocycles. The van der Waals surface area contributed by atoms with Crippen LogP contribution in [0.5, 0.6) is 11.5 Å². The number of ether oxygens (including phenoxy) is 2. The van der Waals surface area contributed by atoms with E-state index in [9.17, 15) is 9.59 Å². The lowest BCUT2D eigenvalue weighted by atomic mass is 9.95. The maximum absolute atomic E-state index is 13.1. The Morgan fingerprint density at radius 1 is 1.23 bits per heavy atom. The average Bonchev–Trinajstić information content (AvgIpc) is 3.09. The van der Waals surface area contributed by atoms with Crippen LogP contribution >= 0.6 is 0 Å². The Balaban J connectivity index is 2.41. The van der Waals surface area contributed by atoms with Crippen molar-refractivity contribution in [1.29, 1.82) is 0 Å². The first kappa shape index (κ1) is 20.0. The molecule has 0 aliphatic carbocycles. The van der Waals surface area contributed by atoms with Crippen molar-refractivity contribution >= 4 is 17.5 Å². The maximum Gasteiger partial charge on any atom is 0.256 e. The minimum atomic E-state index is -0.591. The van der Waals surface area contributed by atoms with Crippen LogP contribution < -0.4 is 20.5 Å². The van der Waals surface area contributed by atoms with Crippen LogP contribution in [0.4, 0.5) is 5.69 Å². The molecule has 7 heteroatoms. The molecule has 1 aromatic rings. The molecule has 1 saturated heterocycles. The normalized spacial score (nSPS) is 17.2. The van der Waals surface area contributed by atoms with Crippen LogP contribution in [0.2, 0.25) is 0 Å². The van der Waals surface area contributed by atoms with Crippen LogP contribution in [-0.4, -0.2) is 50.6 Å². The van der Waals surface area contributed by atoms with Crippen LogP contribution in [0.3, 0.4) is 0 Å². The van der Waals surface area contributed by atoms with Gasteiger partial charge >= 0.3 is 0 Å². The monoisotopic (exact) mass is 363 g/mol. The Kier molecular flexibility index (Phi) is 6.13. The van der Waals surface area contributed by atoms with Gasteiger partial charge in [0.2, 0.25) is 5.91 Å². The van der Waals surface area contributed by atoms with Crippen molar-refractivity contribution in [2.24, 2.45) is 17.1 Å². The molecule has 1 atom stereocenters. The summed E-state index contributed by atoms with van der Waals surface area (Å²) in [5.41, 5.74) is 5.95. The van der Waals surface area contributed by atoms with Gasteiger partial charge in [-0.05, 0) is 24.9 Å². The fourth-order valence-electron chi connectivity index (χ4n) is 2.85. The van der Waals surface area contributed by atoms with Gasteiger partial charge in [-0.2, -0.15) is 0 Å². The van der Waals surface area contributed by atoms with Crippen LogP contribution in [-0.2, 0) is 4.79 Å². The number of carbonyl (C=O) groups excluding carboxylic acids is 2. The summed E-state index contributed by atoms with van der Waals surface area (Å²) in [6, 6.07) is 3.25.